The van der Waals surface area contributed by atoms with Crippen molar-refractivity contribution in [3.8, 4) is 6.07 Å². The molecule has 0 fully saturated rings. The average molecular weight is 266 g/mol. The first kappa shape index (κ1) is 14.7. The highest BCUT2D eigenvalue weighted by molar-refractivity contribution is 7.89. The van der Waals surface area contributed by atoms with E-state index in [1.165, 1.54) is 12.1 Å². The van der Waals surface area contributed by atoms with Crippen molar-refractivity contribution in [2.45, 2.75) is 44.0 Å². The van der Waals surface area contributed by atoms with Gasteiger partial charge in [-0.25, -0.2) is 13.1 Å². The smallest absolute Gasteiger partial charge is 0.208 e. The van der Waals surface area contributed by atoms with Crippen molar-refractivity contribution < 1.29 is 8.42 Å². The van der Waals surface area contributed by atoms with Gasteiger partial charge in [0.05, 0.1) is 17.4 Å². The fourth-order valence-electron chi connectivity index (χ4n) is 1.62. The summed E-state index contributed by atoms with van der Waals surface area (Å²) in [5.74, 6) is 0. The van der Waals surface area contributed by atoms with Crippen LogP contribution in [-0.2, 0) is 16.4 Å². The molecule has 0 aliphatic heterocycles. The summed E-state index contributed by atoms with van der Waals surface area (Å²) in [6, 6.07) is 8.41. The summed E-state index contributed by atoms with van der Waals surface area (Å²) in [7, 11) is -3.45. The second kappa shape index (κ2) is 6.53. The molecule has 0 amide bonds. The molecule has 0 aliphatic carbocycles. The van der Waals surface area contributed by atoms with Gasteiger partial charge in [0.15, 0.2) is 0 Å². The van der Waals surface area contributed by atoms with Crippen LogP contribution in [0.4, 0.5) is 0 Å². The Kier molecular flexibility index (Phi) is 5.32. The lowest BCUT2D eigenvalue weighted by molar-refractivity contribution is 0.530. The minimum absolute atomic E-state index is 0.0335. The van der Waals surface area contributed by atoms with E-state index in [1.54, 1.807) is 12.1 Å². The third-order valence-electron chi connectivity index (χ3n) is 2.82. The predicted octanol–water partition coefficient (Wildman–Crippen LogP) is 2.22. The summed E-state index contributed by atoms with van der Waals surface area (Å²) in [4.78, 5) is 0.246. The number of benzene rings is 1. The molecular formula is C13H18N2O2S. The van der Waals surface area contributed by atoms with E-state index in [9.17, 15) is 8.42 Å². The van der Waals surface area contributed by atoms with Crippen LogP contribution >= 0.6 is 0 Å². The number of rotatable bonds is 6. The lowest BCUT2D eigenvalue weighted by atomic mass is 10.2. The number of sulfonamides is 1. The van der Waals surface area contributed by atoms with Crippen LogP contribution in [0, 0.1) is 11.3 Å². The van der Waals surface area contributed by atoms with Gasteiger partial charge in [-0.2, -0.15) is 5.26 Å². The van der Waals surface area contributed by atoms with Crippen LogP contribution in [-0.4, -0.2) is 14.5 Å². The third kappa shape index (κ3) is 3.83. The van der Waals surface area contributed by atoms with Gasteiger partial charge in [0.1, 0.15) is 0 Å². The van der Waals surface area contributed by atoms with Gasteiger partial charge in [-0.1, -0.05) is 26.0 Å². The van der Waals surface area contributed by atoms with Gasteiger partial charge in [0.2, 0.25) is 10.0 Å². The molecule has 0 unspecified atom stereocenters. The van der Waals surface area contributed by atoms with Gasteiger partial charge in [0.25, 0.3) is 0 Å². The summed E-state index contributed by atoms with van der Waals surface area (Å²) in [6.45, 7) is 3.90. The number of nitrogens with one attached hydrogen (secondary N) is 1. The van der Waals surface area contributed by atoms with Gasteiger partial charge in [-0.15, -0.1) is 0 Å². The first-order valence-corrected chi connectivity index (χ1v) is 7.50. The molecule has 1 aromatic carbocycles. The monoisotopic (exact) mass is 266 g/mol. The zero-order chi connectivity index (χ0) is 13.6. The summed E-state index contributed by atoms with van der Waals surface area (Å²) < 4.78 is 26.8. The van der Waals surface area contributed by atoms with Crippen molar-refractivity contribution in [2.75, 3.05) is 0 Å². The average Bonchev–Trinajstić information content (AvgIpc) is 2.37. The van der Waals surface area contributed by atoms with Crippen molar-refractivity contribution in [1.82, 2.24) is 4.72 Å². The Hall–Kier alpha value is -1.38. The first-order valence-electron chi connectivity index (χ1n) is 6.01. The topological polar surface area (TPSA) is 70.0 Å². The molecule has 5 heteroatoms. The molecule has 1 aromatic rings. The van der Waals surface area contributed by atoms with E-state index in [0.29, 0.717) is 6.42 Å². The zero-order valence-corrected chi connectivity index (χ0v) is 11.5. The summed E-state index contributed by atoms with van der Waals surface area (Å²) >= 11 is 0. The normalized spacial score (nSPS) is 11.4. The Morgan fingerprint density at radius 3 is 2.22 bits per heavy atom. The van der Waals surface area contributed by atoms with Crippen molar-refractivity contribution in [2.24, 2.45) is 0 Å². The molecule has 18 heavy (non-hydrogen) atoms. The van der Waals surface area contributed by atoms with Crippen LogP contribution in [0.5, 0.6) is 0 Å². The van der Waals surface area contributed by atoms with Gasteiger partial charge >= 0.3 is 0 Å². The Morgan fingerprint density at radius 2 is 1.78 bits per heavy atom. The lowest BCUT2D eigenvalue weighted by Crippen LogP contribution is -2.33. The van der Waals surface area contributed by atoms with E-state index < -0.39 is 10.0 Å². The molecule has 0 bridgehead atoms. The van der Waals surface area contributed by atoms with Crippen molar-refractivity contribution in [1.29, 1.82) is 5.26 Å². The summed E-state index contributed by atoms with van der Waals surface area (Å²) in [6.07, 6.45) is 1.82. The van der Waals surface area contributed by atoms with Crippen LogP contribution in [0.15, 0.2) is 29.2 Å². The largest absolute Gasteiger partial charge is 0.240 e. The van der Waals surface area contributed by atoms with Crippen LogP contribution in [0.1, 0.15) is 32.3 Å². The SMILES string of the molecule is CCC(CC)NS(=O)(=O)c1ccc(CC#N)cc1. The minimum atomic E-state index is -3.45. The van der Waals surface area contributed by atoms with Crippen LogP contribution in [0.3, 0.4) is 0 Å². The highest BCUT2D eigenvalue weighted by Crippen LogP contribution is 2.12. The van der Waals surface area contributed by atoms with E-state index in [4.69, 9.17) is 5.26 Å². The molecule has 0 heterocycles. The van der Waals surface area contributed by atoms with Crippen LogP contribution in [0.2, 0.25) is 0 Å². The van der Waals surface area contributed by atoms with Crippen LogP contribution in [0.25, 0.3) is 0 Å². The highest BCUT2D eigenvalue weighted by Gasteiger charge is 2.17. The molecule has 0 radical (unpaired) electrons. The van der Waals surface area contributed by atoms with Crippen molar-refractivity contribution in [3.63, 3.8) is 0 Å². The summed E-state index contributed by atoms with van der Waals surface area (Å²) in [5, 5.41) is 8.55. The molecular weight excluding hydrogens is 248 g/mol. The number of nitriles is 1. The molecule has 4 nitrogen and oxygen atoms in total. The Balaban J connectivity index is 2.88. The Labute approximate surface area is 109 Å². The number of hydrogen-bond acceptors (Lipinski definition) is 3. The molecule has 0 spiro atoms. The maximum atomic E-state index is 12.1. The Morgan fingerprint density at radius 1 is 1.22 bits per heavy atom. The summed E-state index contributed by atoms with van der Waals surface area (Å²) in [5.41, 5.74) is 0.819. The lowest BCUT2D eigenvalue weighted by Gasteiger charge is -2.15. The highest BCUT2D eigenvalue weighted by atomic mass is 32.2. The fraction of sp³-hybridized carbons (Fsp3) is 0.462. The maximum Gasteiger partial charge on any atom is 0.240 e. The molecule has 98 valence electrons. The molecule has 0 aliphatic rings. The second-order valence-electron chi connectivity index (χ2n) is 4.11. The van der Waals surface area contributed by atoms with Gasteiger partial charge < -0.3 is 0 Å². The molecule has 0 atom stereocenters. The van der Waals surface area contributed by atoms with Crippen molar-refractivity contribution >= 4 is 10.0 Å². The molecule has 1 N–H and O–H groups in total. The predicted molar refractivity (Wildman–Crippen MR) is 70.5 cm³/mol. The van der Waals surface area contributed by atoms with E-state index in [-0.39, 0.29) is 10.9 Å². The number of nitrogens with zero attached hydrogens (tertiary/aromatic N) is 1. The fourth-order valence-corrected chi connectivity index (χ4v) is 3.02. The van der Waals surface area contributed by atoms with Crippen molar-refractivity contribution in [3.05, 3.63) is 29.8 Å². The third-order valence-corrected chi connectivity index (χ3v) is 4.36. The Bertz CT molecular complexity index is 511. The molecule has 0 saturated heterocycles. The van der Waals surface area contributed by atoms with Gasteiger partial charge in [-0.05, 0) is 30.5 Å². The van der Waals surface area contributed by atoms with Crippen LogP contribution < -0.4 is 4.72 Å². The van der Waals surface area contributed by atoms with E-state index >= 15 is 0 Å². The van der Waals surface area contributed by atoms with E-state index in [2.05, 4.69) is 4.72 Å². The van der Waals surface area contributed by atoms with Gasteiger partial charge in [0, 0.05) is 6.04 Å². The quantitative estimate of drug-likeness (QED) is 0.858. The maximum absolute atomic E-state index is 12.1. The minimum Gasteiger partial charge on any atom is -0.208 e. The second-order valence-corrected chi connectivity index (χ2v) is 5.83. The van der Waals surface area contributed by atoms with Gasteiger partial charge in [-0.3, -0.25) is 0 Å². The molecule has 1 rings (SSSR count). The molecule has 0 saturated carbocycles. The number of hydrogen-bond donors (Lipinski definition) is 1. The molecule has 0 aromatic heterocycles. The standard InChI is InChI=1S/C13H18N2O2S/c1-3-12(4-2)15-18(16,17)13-7-5-11(6-8-13)9-10-14/h5-8,12,15H,3-4,9H2,1-2H3. The van der Waals surface area contributed by atoms with E-state index in [1.807, 2.05) is 19.9 Å². The first-order chi connectivity index (χ1) is 8.53. The zero-order valence-electron chi connectivity index (χ0n) is 10.7. The van der Waals surface area contributed by atoms with E-state index in [0.717, 1.165) is 18.4 Å².